The van der Waals surface area contributed by atoms with Crippen molar-refractivity contribution in [2.24, 2.45) is 0 Å². The summed E-state index contributed by atoms with van der Waals surface area (Å²) >= 11 is 0. The van der Waals surface area contributed by atoms with Gasteiger partial charge in [-0.3, -0.25) is 4.79 Å². The van der Waals surface area contributed by atoms with E-state index in [0.717, 1.165) is 51.5 Å². The lowest BCUT2D eigenvalue weighted by Crippen LogP contribution is -2.26. The van der Waals surface area contributed by atoms with Gasteiger partial charge in [-0.25, -0.2) is 0 Å². The lowest BCUT2D eigenvalue weighted by atomic mass is 9.78. The van der Waals surface area contributed by atoms with Crippen LogP contribution in [0.2, 0.25) is 0 Å². The van der Waals surface area contributed by atoms with Gasteiger partial charge >= 0.3 is 0 Å². The maximum atomic E-state index is 13.7. The zero-order valence-electron chi connectivity index (χ0n) is 20.2. The number of fused-ring (bicyclic) bond motifs is 1. The quantitative estimate of drug-likeness (QED) is 0.326. The Balaban J connectivity index is 1.39. The summed E-state index contributed by atoms with van der Waals surface area (Å²) in [4.78, 5) is 13.7. The summed E-state index contributed by atoms with van der Waals surface area (Å²) in [6, 6.07) is 35.0. The van der Waals surface area contributed by atoms with E-state index in [0.29, 0.717) is 6.42 Å². The van der Waals surface area contributed by atoms with Gasteiger partial charge in [-0.2, -0.15) is 0 Å². The molecule has 2 unspecified atom stereocenters. The van der Waals surface area contributed by atoms with Gasteiger partial charge in [0.2, 0.25) is 0 Å². The number of rotatable bonds is 4. The van der Waals surface area contributed by atoms with E-state index in [-0.39, 0.29) is 17.7 Å². The van der Waals surface area contributed by atoms with E-state index in [1.54, 1.807) is 7.11 Å². The molecule has 1 aliphatic carbocycles. The molecule has 0 spiro atoms. The Morgan fingerprint density at radius 3 is 2.06 bits per heavy atom. The standard InChI is InChI=1S/C32H28N2O2/c1-36-26-17-15-23(16-18-26)25-19-29-31(30(35)20-25)32(34-28-10-6-5-9-27(28)33-29)24-13-11-22(12-14-24)21-7-3-2-4-8-21/h2-18,25,32-34H,19-20H2,1H3. The van der Waals surface area contributed by atoms with E-state index in [9.17, 15) is 4.79 Å². The fourth-order valence-corrected chi connectivity index (χ4v) is 5.35. The Bertz CT molecular complexity index is 1420. The number of para-hydroxylation sites is 2. The number of ether oxygens (including phenoxy) is 1. The van der Waals surface area contributed by atoms with E-state index in [2.05, 4.69) is 83.4 Å². The Morgan fingerprint density at radius 1 is 0.694 bits per heavy atom. The molecule has 178 valence electrons. The largest absolute Gasteiger partial charge is 0.497 e. The molecule has 0 bridgehead atoms. The number of Topliss-reactive ketones (excluding diaryl/α,β-unsaturated/α-hetero) is 1. The number of carbonyl (C=O) groups is 1. The molecule has 1 heterocycles. The highest BCUT2D eigenvalue weighted by atomic mass is 16.5. The van der Waals surface area contributed by atoms with Crippen LogP contribution in [0.15, 0.2) is 114 Å². The summed E-state index contributed by atoms with van der Waals surface area (Å²) < 4.78 is 5.32. The number of hydrogen-bond donors (Lipinski definition) is 2. The molecule has 0 fully saturated rings. The first-order chi connectivity index (χ1) is 17.7. The normalized spacial score (nSPS) is 18.9. The summed E-state index contributed by atoms with van der Waals surface area (Å²) in [5.41, 5.74) is 8.42. The van der Waals surface area contributed by atoms with Crippen LogP contribution in [0, 0.1) is 0 Å². The van der Waals surface area contributed by atoms with Crippen molar-refractivity contribution in [3.63, 3.8) is 0 Å². The first-order valence-electron chi connectivity index (χ1n) is 12.4. The predicted molar refractivity (Wildman–Crippen MR) is 145 cm³/mol. The molecule has 0 saturated heterocycles. The van der Waals surface area contributed by atoms with Gasteiger partial charge in [-0.1, -0.05) is 78.9 Å². The maximum absolute atomic E-state index is 13.7. The predicted octanol–water partition coefficient (Wildman–Crippen LogP) is 7.34. The highest BCUT2D eigenvalue weighted by Gasteiger charge is 2.36. The van der Waals surface area contributed by atoms with Crippen molar-refractivity contribution in [2.75, 3.05) is 17.7 Å². The summed E-state index contributed by atoms with van der Waals surface area (Å²) in [7, 11) is 1.67. The van der Waals surface area contributed by atoms with Crippen molar-refractivity contribution in [2.45, 2.75) is 24.8 Å². The smallest absolute Gasteiger partial charge is 0.163 e. The second-order valence-corrected chi connectivity index (χ2v) is 9.43. The molecule has 4 heteroatoms. The molecule has 0 saturated carbocycles. The van der Waals surface area contributed by atoms with Crippen LogP contribution >= 0.6 is 0 Å². The third-order valence-corrected chi connectivity index (χ3v) is 7.25. The van der Waals surface area contributed by atoms with E-state index < -0.39 is 0 Å². The Hall–Kier alpha value is -4.31. The first-order valence-corrected chi connectivity index (χ1v) is 12.4. The molecular weight excluding hydrogens is 444 g/mol. The van der Waals surface area contributed by atoms with Crippen LogP contribution in [0.3, 0.4) is 0 Å². The maximum Gasteiger partial charge on any atom is 0.163 e. The summed E-state index contributed by atoms with van der Waals surface area (Å²) in [5.74, 6) is 1.13. The van der Waals surface area contributed by atoms with Crippen molar-refractivity contribution in [3.05, 3.63) is 126 Å². The Kier molecular flexibility index (Phi) is 5.78. The number of anilines is 2. The zero-order valence-corrected chi connectivity index (χ0v) is 20.2. The first kappa shape index (κ1) is 22.2. The van der Waals surface area contributed by atoms with Gasteiger partial charge in [-0.05, 0) is 58.9 Å². The van der Waals surface area contributed by atoms with Gasteiger partial charge in [0.1, 0.15) is 5.75 Å². The van der Waals surface area contributed by atoms with Crippen LogP contribution in [-0.2, 0) is 4.79 Å². The number of carbonyl (C=O) groups excluding carboxylic acids is 1. The topological polar surface area (TPSA) is 50.4 Å². The highest BCUT2D eigenvalue weighted by molar-refractivity contribution is 6.01. The molecule has 0 radical (unpaired) electrons. The third-order valence-electron chi connectivity index (χ3n) is 7.25. The van der Waals surface area contributed by atoms with Crippen molar-refractivity contribution < 1.29 is 9.53 Å². The van der Waals surface area contributed by atoms with Crippen LogP contribution in [0.1, 0.15) is 35.9 Å². The van der Waals surface area contributed by atoms with Crippen molar-refractivity contribution in [3.8, 4) is 16.9 Å². The summed E-state index contributed by atoms with van der Waals surface area (Å²) in [5, 5.41) is 7.30. The molecular formula is C32H28N2O2. The van der Waals surface area contributed by atoms with Crippen molar-refractivity contribution in [1.82, 2.24) is 0 Å². The fourth-order valence-electron chi connectivity index (χ4n) is 5.35. The van der Waals surface area contributed by atoms with Crippen molar-refractivity contribution >= 4 is 17.2 Å². The third kappa shape index (κ3) is 4.16. The molecule has 0 amide bonds. The van der Waals surface area contributed by atoms with Gasteiger partial charge in [0.05, 0.1) is 24.5 Å². The van der Waals surface area contributed by atoms with Crippen LogP contribution in [-0.4, -0.2) is 12.9 Å². The molecule has 4 nitrogen and oxygen atoms in total. The number of allylic oxidation sites excluding steroid dienone is 1. The molecule has 6 rings (SSSR count). The molecule has 2 atom stereocenters. The van der Waals surface area contributed by atoms with E-state index in [4.69, 9.17) is 4.74 Å². The molecule has 2 aliphatic rings. The average Bonchev–Trinajstić information content (AvgIpc) is 3.11. The minimum atomic E-state index is -0.217. The SMILES string of the molecule is COc1ccc(C2CC(=O)C3=C(C2)Nc2ccccc2NC3c2ccc(-c3ccccc3)cc2)cc1. The monoisotopic (exact) mass is 472 g/mol. The average molecular weight is 473 g/mol. The minimum absolute atomic E-state index is 0.126. The number of benzene rings is 4. The second-order valence-electron chi connectivity index (χ2n) is 9.43. The lowest BCUT2D eigenvalue weighted by molar-refractivity contribution is -0.116. The zero-order chi connectivity index (χ0) is 24.5. The molecule has 2 N–H and O–H groups in total. The van der Waals surface area contributed by atoms with Crippen LogP contribution in [0.5, 0.6) is 5.75 Å². The number of hydrogen-bond acceptors (Lipinski definition) is 4. The second kappa shape index (κ2) is 9.38. The molecule has 4 aromatic rings. The van der Waals surface area contributed by atoms with E-state index in [1.165, 1.54) is 5.56 Å². The van der Waals surface area contributed by atoms with Gasteiger partial charge in [0.15, 0.2) is 5.78 Å². The van der Waals surface area contributed by atoms with Gasteiger partial charge in [0.25, 0.3) is 0 Å². The lowest BCUT2D eigenvalue weighted by Gasteiger charge is -2.30. The van der Waals surface area contributed by atoms with E-state index in [1.807, 2.05) is 30.3 Å². The minimum Gasteiger partial charge on any atom is -0.497 e. The molecule has 1 aliphatic heterocycles. The van der Waals surface area contributed by atoms with Crippen LogP contribution in [0.25, 0.3) is 11.1 Å². The fraction of sp³-hybridized carbons (Fsp3) is 0.156. The van der Waals surface area contributed by atoms with Crippen LogP contribution in [0.4, 0.5) is 11.4 Å². The summed E-state index contributed by atoms with van der Waals surface area (Å²) in [6.45, 7) is 0. The Labute approximate surface area is 211 Å². The number of nitrogens with one attached hydrogen (secondary N) is 2. The molecule has 0 aromatic heterocycles. The highest BCUT2D eigenvalue weighted by Crippen LogP contribution is 2.44. The van der Waals surface area contributed by atoms with E-state index >= 15 is 0 Å². The number of methoxy groups -OCH3 is 1. The molecule has 36 heavy (non-hydrogen) atoms. The van der Waals surface area contributed by atoms with Crippen molar-refractivity contribution in [1.29, 1.82) is 0 Å². The molecule has 4 aromatic carbocycles. The van der Waals surface area contributed by atoms with Gasteiger partial charge in [-0.15, -0.1) is 0 Å². The Morgan fingerprint density at radius 2 is 1.33 bits per heavy atom. The van der Waals surface area contributed by atoms with Crippen LogP contribution < -0.4 is 15.4 Å². The number of ketones is 1. The summed E-state index contributed by atoms with van der Waals surface area (Å²) in [6.07, 6.45) is 1.27. The van der Waals surface area contributed by atoms with Gasteiger partial charge in [0, 0.05) is 17.7 Å². The van der Waals surface area contributed by atoms with Gasteiger partial charge < -0.3 is 15.4 Å².